The summed E-state index contributed by atoms with van der Waals surface area (Å²) in [7, 11) is 0. The number of aromatic nitrogens is 2. The van der Waals surface area contributed by atoms with Gasteiger partial charge >= 0.3 is 6.18 Å². The summed E-state index contributed by atoms with van der Waals surface area (Å²) in [5.41, 5.74) is 0.970. The quantitative estimate of drug-likeness (QED) is 0.685. The Kier molecular flexibility index (Phi) is 3.97. The minimum atomic E-state index is -4.35. The van der Waals surface area contributed by atoms with Gasteiger partial charge in [-0.1, -0.05) is 0 Å². The number of hydrogen-bond acceptors (Lipinski definition) is 3. The van der Waals surface area contributed by atoms with Crippen LogP contribution in [0.3, 0.4) is 0 Å². The molecule has 3 aromatic rings. The van der Waals surface area contributed by atoms with E-state index in [1.165, 1.54) is 18.5 Å². The summed E-state index contributed by atoms with van der Waals surface area (Å²) in [6.07, 6.45) is -1.24. The standard InChI is InChI=1S/C17H11F3N2O/c18-17(19,20)13-3-7-15(8-4-13)23-14-5-1-12(2-6-14)16-9-10-21-11-22-16/h1-11H. The van der Waals surface area contributed by atoms with Gasteiger partial charge in [-0.25, -0.2) is 9.97 Å². The molecule has 116 valence electrons. The van der Waals surface area contributed by atoms with E-state index in [0.717, 1.165) is 23.4 Å². The van der Waals surface area contributed by atoms with Crippen LogP contribution in [-0.2, 0) is 6.18 Å². The smallest absolute Gasteiger partial charge is 0.416 e. The Bertz CT molecular complexity index is 770. The predicted octanol–water partition coefficient (Wildman–Crippen LogP) is 4.95. The van der Waals surface area contributed by atoms with Crippen molar-refractivity contribution in [2.24, 2.45) is 0 Å². The lowest BCUT2D eigenvalue weighted by atomic mass is 10.1. The molecule has 0 spiro atoms. The van der Waals surface area contributed by atoms with Crippen LogP contribution in [0.5, 0.6) is 11.5 Å². The summed E-state index contributed by atoms with van der Waals surface area (Å²) >= 11 is 0. The van der Waals surface area contributed by atoms with Gasteiger partial charge in [-0.3, -0.25) is 0 Å². The molecule has 2 aromatic carbocycles. The van der Waals surface area contributed by atoms with E-state index < -0.39 is 11.7 Å². The zero-order valence-corrected chi connectivity index (χ0v) is 11.8. The Morgan fingerprint density at radius 2 is 1.39 bits per heavy atom. The second kappa shape index (κ2) is 6.08. The summed E-state index contributed by atoms with van der Waals surface area (Å²) in [5, 5.41) is 0. The number of hydrogen-bond donors (Lipinski definition) is 0. The summed E-state index contributed by atoms with van der Waals surface area (Å²) in [6.45, 7) is 0. The molecule has 0 saturated carbocycles. The van der Waals surface area contributed by atoms with Crippen molar-refractivity contribution in [3.8, 4) is 22.8 Å². The number of alkyl halides is 3. The molecule has 6 heteroatoms. The van der Waals surface area contributed by atoms with Crippen molar-refractivity contribution in [2.45, 2.75) is 6.18 Å². The lowest BCUT2D eigenvalue weighted by Gasteiger charge is -2.09. The largest absolute Gasteiger partial charge is 0.457 e. The van der Waals surface area contributed by atoms with Crippen LogP contribution in [0, 0.1) is 0 Å². The first kappa shape index (κ1) is 15.0. The van der Waals surface area contributed by atoms with Gasteiger partial charge in [0.05, 0.1) is 11.3 Å². The highest BCUT2D eigenvalue weighted by Gasteiger charge is 2.30. The van der Waals surface area contributed by atoms with E-state index in [1.54, 1.807) is 24.4 Å². The van der Waals surface area contributed by atoms with Crippen LogP contribution in [0.2, 0.25) is 0 Å². The van der Waals surface area contributed by atoms with Gasteiger partial charge in [0.2, 0.25) is 0 Å². The Morgan fingerprint density at radius 3 is 1.91 bits per heavy atom. The Morgan fingerprint density at radius 1 is 0.783 bits per heavy atom. The minimum absolute atomic E-state index is 0.341. The maximum Gasteiger partial charge on any atom is 0.416 e. The highest BCUT2D eigenvalue weighted by Crippen LogP contribution is 2.31. The summed E-state index contributed by atoms with van der Waals surface area (Å²) in [6, 6.07) is 13.5. The van der Waals surface area contributed by atoms with Crippen molar-refractivity contribution in [1.29, 1.82) is 0 Å². The molecular weight excluding hydrogens is 305 g/mol. The van der Waals surface area contributed by atoms with Crippen LogP contribution >= 0.6 is 0 Å². The second-order valence-corrected chi connectivity index (χ2v) is 4.74. The number of benzene rings is 2. The predicted molar refractivity (Wildman–Crippen MR) is 79.0 cm³/mol. The van der Waals surface area contributed by atoms with E-state index >= 15 is 0 Å². The molecule has 1 aromatic heterocycles. The molecule has 0 aliphatic rings. The first-order chi connectivity index (χ1) is 11.0. The van der Waals surface area contributed by atoms with Crippen molar-refractivity contribution >= 4 is 0 Å². The normalized spacial score (nSPS) is 11.3. The van der Waals surface area contributed by atoms with Crippen LogP contribution in [0.15, 0.2) is 67.1 Å². The van der Waals surface area contributed by atoms with Gasteiger partial charge in [-0.15, -0.1) is 0 Å². The van der Waals surface area contributed by atoms with Crippen LogP contribution < -0.4 is 4.74 Å². The first-order valence-electron chi connectivity index (χ1n) is 6.74. The second-order valence-electron chi connectivity index (χ2n) is 4.74. The summed E-state index contributed by atoms with van der Waals surface area (Å²) < 4.78 is 43.0. The SMILES string of the molecule is FC(F)(F)c1ccc(Oc2ccc(-c3ccncn3)cc2)cc1. The maximum atomic E-state index is 12.5. The lowest BCUT2D eigenvalue weighted by Crippen LogP contribution is -2.03. The van der Waals surface area contributed by atoms with Gasteiger partial charge < -0.3 is 4.74 Å². The van der Waals surface area contributed by atoms with Gasteiger partial charge in [-0.2, -0.15) is 13.2 Å². The molecule has 3 rings (SSSR count). The molecule has 0 fully saturated rings. The highest BCUT2D eigenvalue weighted by molar-refractivity contribution is 5.59. The topological polar surface area (TPSA) is 35.0 Å². The molecule has 0 atom stereocenters. The highest BCUT2D eigenvalue weighted by atomic mass is 19.4. The van der Waals surface area contributed by atoms with Crippen LogP contribution in [0.25, 0.3) is 11.3 Å². The molecule has 23 heavy (non-hydrogen) atoms. The maximum absolute atomic E-state index is 12.5. The fourth-order valence-corrected chi connectivity index (χ4v) is 2.00. The van der Waals surface area contributed by atoms with Crippen LogP contribution in [0.1, 0.15) is 5.56 Å². The lowest BCUT2D eigenvalue weighted by molar-refractivity contribution is -0.137. The molecule has 3 nitrogen and oxygen atoms in total. The molecule has 0 aliphatic carbocycles. The fraction of sp³-hybridized carbons (Fsp3) is 0.0588. The molecule has 0 amide bonds. The van der Waals surface area contributed by atoms with Crippen LogP contribution in [-0.4, -0.2) is 9.97 Å². The van der Waals surface area contributed by atoms with Crippen molar-refractivity contribution in [1.82, 2.24) is 9.97 Å². The average Bonchev–Trinajstić information content (AvgIpc) is 2.56. The molecule has 0 unspecified atom stereocenters. The Balaban J connectivity index is 1.74. The molecule has 1 heterocycles. The average molecular weight is 316 g/mol. The molecule has 0 radical (unpaired) electrons. The molecular formula is C17H11F3N2O. The molecule has 0 aliphatic heterocycles. The number of rotatable bonds is 3. The number of halogens is 3. The number of nitrogens with zero attached hydrogens (tertiary/aromatic N) is 2. The summed E-state index contributed by atoms with van der Waals surface area (Å²) in [5.74, 6) is 0.871. The van der Waals surface area contributed by atoms with Crippen molar-refractivity contribution in [2.75, 3.05) is 0 Å². The van der Waals surface area contributed by atoms with Crippen molar-refractivity contribution in [3.63, 3.8) is 0 Å². The first-order valence-corrected chi connectivity index (χ1v) is 6.74. The van der Waals surface area contributed by atoms with E-state index in [1.807, 2.05) is 12.1 Å². The molecule has 0 N–H and O–H groups in total. The zero-order valence-electron chi connectivity index (χ0n) is 11.8. The van der Waals surface area contributed by atoms with E-state index in [9.17, 15) is 13.2 Å². The van der Waals surface area contributed by atoms with Crippen LogP contribution in [0.4, 0.5) is 13.2 Å². The van der Waals surface area contributed by atoms with E-state index in [4.69, 9.17) is 4.74 Å². The monoisotopic (exact) mass is 316 g/mol. The fourth-order valence-electron chi connectivity index (χ4n) is 2.00. The third-order valence-electron chi connectivity index (χ3n) is 3.15. The van der Waals surface area contributed by atoms with Gasteiger partial charge in [0.25, 0.3) is 0 Å². The summed E-state index contributed by atoms with van der Waals surface area (Å²) in [4.78, 5) is 7.99. The van der Waals surface area contributed by atoms with E-state index in [0.29, 0.717) is 11.5 Å². The van der Waals surface area contributed by atoms with Gasteiger partial charge in [0.1, 0.15) is 17.8 Å². The molecule has 0 saturated heterocycles. The van der Waals surface area contributed by atoms with Gasteiger partial charge in [0.15, 0.2) is 0 Å². The Hall–Kier alpha value is -2.89. The van der Waals surface area contributed by atoms with Gasteiger partial charge in [-0.05, 0) is 54.6 Å². The zero-order chi connectivity index (χ0) is 16.3. The van der Waals surface area contributed by atoms with E-state index in [-0.39, 0.29) is 0 Å². The third kappa shape index (κ3) is 3.66. The van der Waals surface area contributed by atoms with Gasteiger partial charge in [0, 0.05) is 11.8 Å². The Labute approximate surface area is 130 Å². The third-order valence-corrected chi connectivity index (χ3v) is 3.15. The molecule has 0 bridgehead atoms. The van der Waals surface area contributed by atoms with E-state index in [2.05, 4.69) is 9.97 Å². The minimum Gasteiger partial charge on any atom is -0.457 e. The van der Waals surface area contributed by atoms with Crippen molar-refractivity contribution < 1.29 is 17.9 Å². The van der Waals surface area contributed by atoms with Crippen molar-refractivity contribution in [3.05, 3.63) is 72.7 Å². The number of ether oxygens (including phenoxy) is 1.